The molecule has 0 bridgehead atoms. The van der Waals surface area contributed by atoms with Crippen molar-refractivity contribution in [2.75, 3.05) is 18.1 Å². The summed E-state index contributed by atoms with van der Waals surface area (Å²) >= 11 is 2.08. The van der Waals surface area contributed by atoms with Gasteiger partial charge in [-0.2, -0.15) is 16.9 Å². The zero-order chi connectivity index (χ0) is 9.43. The molecule has 3 heterocycles. The van der Waals surface area contributed by atoms with E-state index in [4.69, 9.17) is 0 Å². The lowest BCUT2D eigenvalue weighted by atomic mass is 9.78. The zero-order valence-corrected chi connectivity index (χ0v) is 8.99. The third-order valence-electron chi connectivity index (χ3n) is 3.35. The standard InChI is InChI=1S/C10H15N3S/c1-2-10(7-14-3-1)6-11-4-8-5-12-13-9(8)10/h5,11H,1-4,6-7H2,(H,12,13). The van der Waals surface area contributed by atoms with Crippen molar-refractivity contribution in [2.45, 2.75) is 24.8 Å². The van der Waals surface area contributed by atoms with Gasteiger partial charge < -0.3 is 5.32 Å². The van der Waals surface area contributed by atoms with E-state index in [0.717, 1.165) is 13.1 Å². The van der Waals surface area contributed by atoms with Crippen LogP contribution in [0.3, 0.4) is 0 Å². The van der Waals surface area contributed by atoms with E-state index >= 15 is 0 Å². The van der Waals surface area contributed by atoms with Crippen molar-refractivity contribution in [1.82, 2.24) is 15.5 Å². The van der Waals surface area contributed by atoms with Crippen molar-refractivity contribution in [3.05, 3.63) is 17.5 Å². The number of nitrogens with one attached hydrogen (secondary N) is 2. The Balaban J connectivity index is 2.01. The summed E-state index contributed by atoms with van der Waals surface area (Å²) in [5.74, 6) is 2.57. The summed E-state index contributed by atoms with van der Waals surface area (Å²) < 4.78 is 0. The van der Waals surface area contributed by atoms with E-state index < -0.39 is 0 Å². The Hall–Kier alpha value is -0.480. The number of nitrogens with zero attached hydrogens (tertiary/aromatic N) is 1. The highest BCUT2D eigenvalue weighted by molar-refractivity contribution is 7.99. The van der Waals surface area contributed by atoms with Crippen LogP contribution in [0.5, 0.6) is 0 Å². The SMILES string of the molecule is c1n[nH]c2c1CNCC21CCCSC1. The van der Waals surface area contributed by atoms with Crippen molar-refractivity contribution in [1.29, 1.82) is 0 Å². The minimum atomic E-state index is 0.354. The lowest BCUT2D eigenvalue weighted by Crippen LogP contribution is -2.46. The maximum Gasteiger partial charge on any atom is 0.0535 e. The van der Waals surface area contributed by atoms with E-state index in [2.05, 4.69) is 27.3 Å². The molecule has 1 saturated heterocycles. The Morgan fingerprint density at radius 3 is 3.36 bits per heavy atom. The molecular weight excluding hydrogens is 194 g/mol. The van der Waals surface area contributed by atoms with Crippen LogP contribution in [0.2, 0.25) is 0 Å². The molecule has 0 saturated carbocycles. The zero-order valence-electron chi connectivity index (χ0n) is 8.18. The molecule has 3 rings (SSSR count). The molecule has 0 radical (unpaired) electrons. The molecule has 14 heavy (non-hydrogen) atoms. The molecule has 2 N–H and O–H groups in total. The molecule has 0 aliphatic carbocycles. The molecule has 4 heteroatoms. The van der Waals surface area contributed by atoms with E-state index in [1.165, 1.54) is 35.6 Å². The first-order valence-electron chi connectivity index (χ1n) is 5.22. The number of fused-ring (bicyclic) bond motifs is 2. The number of aromatic amines is 1. The molecule has 76 valence electrons. The van der Waals surface area contributed by atoms with Crippen LogP contribution >= 0.6 is 11.8 Å². The van der Waals surface area contributed by atoms with Gasteiger partial charge in [0.15, 0.2) is 0 Å². The van der Waals surface area contributed by atoms with Gasteiger partial charge in [0.2, 0.25) is 0 Å². The van der Waals surface area contributed by atoms with Crippen LogP contribution in [0.4, 0.5) is 0 Å². The van der Waals surface area contributed by atoms with Crippen molar-refractivity contribution >= 4 is 11.8 Å². The fourth-order valence-electron chi connectivity index (χ4n) is 2.62. The van der Waals surface area contributed by atoms with Gasteiger partial charge in [-0.05, 0) is 18.6 Å². The minimum Gasteiger partial charge on any atom is -0.312 e. The average Bonchev–Trinajstić information content (AvgIpc) is 2.69. The van der Waals surface area contributed by atoms with Crippen LogP contribution < -0.4 is 5.32 Å². The molecule has 1 spiro atoms. The molecule has 3 nitrogen and oxygen atoms in total. The van der Waals surface area contributed by atoms with Crippen LogP contribution in [-0.4, -0.2) is 28.2 Å². The fourth-order valence-corrected chi connectivity index (χ4v) is 3.89. The Morgan fingerprint density at radius 1 is 1.50 bits per heavy atom. The highest BCUT2D eigenvalue weighted by Gasteiger charge is 2.39. The molecule has 0 amide bonds. The number of thioether (sulfide) groups is 1. The number of aromatic nitrogens is 2. The Kier molecular flexibility index (Phi) is 2.06. The largest absolute Gasteiger partial charge is 0.312 e. The first kappa shape index (κ1) is 8.80. The molecular formula is C10H15N3S. The second kappa shape index (κ2) is 3.28. The number of hydrogen-bond donors (Lipinski definition) is 2. The van der Waals surface area contributed by atoms with Gasteiger partial charge in [0.1, 0.15) is 0 Å². The van der Waals surface area contributed by atoms with Gasteiger partial charge in [0.05, 0.1) is 6.20 Å². The minimum absolute atomic E-state index is 0.354. The summed E-state index contributed by atoms with van der Waals surface area (Å²) in [6.07, 6.45) is 4.62. The fraction of sp³-hybridized carbons (Fsp3) is 0.700. The summed E-state index contributed by atoms with van der Waals surface area (Å²) in [6.45, 7) is 2.10. The molecule has 1 aromatic rings. The Bertz CT molecular complexity index is 328. The maximum absolute atomic E-state index is 4.18. The topological polar surface area (TPSA) is 40.7 Å². The van der Waals surface area contributed by atoms with Gasteiger partial charge in [-0.1, -0.05) is 0 Å². The highest BCUT2D eigenvalue weighted by atomic mass is 32.2. The van der Waals surface area contributed by atoms with E-state index in [1.807, 2.05) is 6.20 Å². The van der Waals surface area contributed by atoms with Crippen molar-refractivity contribution in [3.8, 4) is 0 Å². The molecule has 2 aliphatic rings. The Morgan fingerprint density at radius 2 is 2.50 bits per heavy atom. The van der Waals surface area contributed by atoms with Crippen molar-refractivity contribution in [2.24, 2.45) is 0 Å². The smallest absolute Gasteiger partial charge is 0.0535 e. The lowest BCUT2D eigenvalue weighted by molar-refractivity contribution is 0.362. The van der Waals surface area contributed by atoms with E-state index in [1.54, 1.807) is 0 Å². The third-order valence-corrected chi connectivity index (χ3v) is 4.68. The van der Waals surface area contributed by atoms with Crippen LogP contribution in [0.25, 0.3) is 0 Å². The molecule has 1 unspecified atom stereocenters. The molecule has 1 atom stereocenters. The van der Waals surface area contributed by atoms with Crippen LogP contribution in [0.15, 0.2) is 6.20 Å². The lowest BCUT2D eigenvalue weighted by Gasteiger charge is -2.39. The predicted molar refractivity (Wildman–Crippen MR) is 58.5 cm³/mol. The van der Waals surface area contributed by atoms with Gasteiger partial charge in [-0.3, -0.25) is 5.10 Å². The first-order valence-corrected chi connectivity index (χ1v) is 6.37. The van der Waals surface area contributed by atoms with Gasteiger partial charge in [0.25, 0.3) is 0 Å². The second-order valence-corrected chi connectivity index (χ2v) is 5.42. The normalized spacial score (nSPS) is 31.7. The van der Waals surface area contributed by atoms with Crippen molar-refractivity contribution < 1.29 is 0 Å². The number of hydrogen-bond acceptors (Lipinski definition) is 3. The first-order chi connectivity index (χ1) is 6.91. The quantitative estimate of drug-likeness (QED) is 0.676. The second-order valence-electron chi connectivity index (χ2n) is 4.31. The van der Waals surface area contributed by atoms with E-state index in [9.17, 15) is 0 Å². The molecule has 1 aromatic heterocycles. The Labute approximate surface area is 88.0 Å². The average molecular weight is 209 g/mol. The molecule has 1 fully saturated rings. The number of rotatable bonds is 0. The summed E-state index contributed by atoms with van der Waals surface area (Å²) in [5, 5.41) is 10.9. The summed E-state index contributed by atoms with van der Waals surface area (Å²) in [4.78, 5) is 0. The van der Waals surface area contributed by atoms with Gasteiger partial charge in [-0.15, -0.1) is 0 Å². The summed E-state index contributed by atoms with van der Waals surface area (Å²) in [7, 11) is 0. The monoisotopic (exact) mass is 209 g/mol. The third kappa shape index (κ3) is 1.21. The van der Waals surface area contributed by atoms with Gasteiger partial charge in [0, 0.05) is 35.5 Å². The van der Waals surface area contributed by atoms with Gasteiger partial charge >= 0.3 is 0 Å². The highest BCUT2D eigenvalue weighted by Crippen LogP contribution is 2.39. The van der Waals surface area contributed by atoms with Crippen LogP contribution in [-0.2, 0) is 12.0 Å². The molecule has 2 aliphatic heterocycles. The van der Waals surface area contributed by atoms with Gasteiger partial charge in [-0.25, -0.2) is 0 Å². The van der Waals surface area contributed by atoms with Crippen LogP contribution in [0.1, 0.15) is 24.1 Å². The van der Waals surface area contributed by atoms with E-state index in [-0.39, 0.29) is 0 Å². The molecule has 0 aromatic carbocycles. The van der Waals surface area contributed by atoms with Crippen LogP contribution in [0, 0.1) is 0 Å². The maximum atomic E-state index is 4.18. The summed E-state index contributed by atoms with van der Waals surface area (Å²) in [5.41, 5.74) is 3.13. The summed E-state index contributed by atoms with van der Waals surface area (Å²) in [6, 6.07) is 0. The van der Waals surface area contributed by atoms with E-state index in [0.29, 0.717) is 5.41 Å². The number of H-pyrrole nitrogens is 1. The predicted octanol–water partition coefficient (Wildman–Crippen LogP) is 1.28. The van der Waals surface area contributed by atoms with Crippen molar-refractivity contribution in [3.63, 3.8) is 0 Å².